The summed E-state index contributed by atoms with van der Waals surface area (Å²) < 4.78 is 4.60. The molecule has 0 amide bonds. The first-order valence-corrected chi connectivity index (χ1v) is 8.39. The molecule has 1 aliphatic carbocycles. The fraction of sp³-hybridized carbons (Fsp3) is 0.450. The number of nitrogens with zero attached hydrogens (tertiary/aromatic N) is 1. The summed E-state index contributed by atoms with van der Waals surface area (Å²) in [6, 6.07) is 7.66. The Labute approximate surface area is 148 Å². The molecule has 2 rings (SSSR count). The second-order valence-corrected chi connectivity index (χ2v) is 7.18. The topological polar surface area (TPSA) is 76.0 Å². The lowest BCUT2D eigenvalue weighted by Gasteiger charge is -2.31. The molecule has 0 aromatic heterocycles. The zero-order valence-corrected chi connectivity index (χ0v) is 15.3. The van der Waals surface area contributed by atoms with Gasteiger partial charge in [-0.15, -0.1) is 0 Å². The molecule has 5 heteroatoms. The van der Waals surface area contributed by atoms with E-state index in [1.54, 1.807) is 0 Å². The first-order chi connectivity index (χ1) is 11.7. The number of aliphatic hydroxyl groups excluding tert-OH is 1. The Hall–Kier alpha value is -2.43. The lowest BCUT2D eigenvalue weighted by molar-refractivity contribution is -0.140. The Bertz CT molecular complexity index is 744. The molecule has 0 aliphatic heterocycles. The van der Waals surface area contributed by atoms with Crippen molar-refractivity contribution >= 4 is 23.2 Å². The molecule has 1 aliphatic rings. The number of Topliss-reactive ketones (excluding diaryl/α,β-unsaturated/α-hetero) is 1. The molecule has 1 N–H and O–H groups in total. The number of para-hydroxylation sites is 1. The van der Waals surface area contributed by atoms with Crippen molar-refractivity contribution in [1.29, 1.82) is 0 Å². The zero-order valence-electron chi connectivity index (χ0n) is 15.3. The molecule has 0 saturated heterocycles. The van der Waals surface area contributed by atoms with Crippen LogP contribution in [0.4, 0.5) is 5.69 Å². The molecular weight excluding hydrogens is 318 g/mol. The number of rotatable bonds is 4. The molecule has 1 fully saturated rings. The molecule has 134 valence electrons. The van der Waals surface area contributed by atoms with Crippen LogP contribution >= 0.6 is 0 Å². The molecular formula is C20H25NO4. The number of hydrogen-bond donors (Lipinski definition) is 1. The van der Waals surface area contributed by atoms with Gasteiger partial charge in [-0.2, -0.15) is 0 Å². The lowest BCUT2D eigenvalue weighted by atomic mass is 9.73. The number of allylic oxidation sites excluding steroid dienone is 2. The van der Waals surface area contributed by atoms with Crippen molar-refractivity contribution < 1.29 is 19.4 Å². The minimum Gasteiger partial charge on any atom is -0.511 e. The highest BCUT2D eigenvalue weighted by Gasteiger charge is 2.36. The van der Waals surface area contributed by atoms with E-state index in [0.29, 0.717) is 18.6 Å². The standard InChI is InChI=1S/C20H25NO4/c1-13-7-5-6-8-14(13)21-15-11-20(2,3)12-17(23)19(15)16(22)9-10-18(24)25-4/h5-8,22H,9-12H2,1-4H3. The molecule has 0 unspecified atom stereocenters. The van der Waals surface area contributed by atoms with Gasteiger partial charge >= 0.3 is 5.97 Å². The van der Waals surface area contributed by atoms with Crippen LogP contribution in [0.25, 0.3) is 0 Å². The molecule has 0 radical (unpaired) electrons. The van der Waals surface area contributed by atoms with E-state index in [4.69, 9.17) is 0 Å². The summed E-state index contributed by atoms with van der Waals surface area (Å²) in [4.78, 5) is 28.6. The molecule has 5 nitrogen and oxygen atoms in total. The van der Waals surface area contributed by atoms with Gasteiger partial charge in [0.15, 0.2) is 5.78 Å². The van der Waals surface area contributed by atoms with E-state index in [-0.39, 0.29) is 35.4 Å². The SMILES string of the molecule is COC(=O)CCC(O)=C1C(=O)CC(C)(C)CC1=Nc1ccccc1C. The van der Waals surface area contributed by atoms with Crippen LogP contribution in [0, 0.1) is 12.3 Å². The Morgan fingerprint density at radius 2 is 1.92 bits per heavy atom. The van der Waals surface area contributed by atoms with Crippen molar-refractivity contribution in [2.75, 3.05) is 7.11 Å². The van der Waals surface area contributed by atoms with Crippen LogP contribution in [-0.4, -0.2) is 29.7 Å². The van der Waals surface area contributed by atoms with Gasteiger partial charge in [0.05, 0.1) is 30.5 Å². The van der Waals surface area contributed by atoms with Crippen molar-refractivity contribution in [3.63, 3.8) is 0 Å². The van der Waals surface area contributed by atoms with Gasteiger partial charge in [-0.05, 0) is 30.4 Å². The number of methoxy groups -OCH3 is 1. The fourth-order valence-corrected chi connectivity index (χ4v) is 2.99. The van der Waals surface area contributed by atoms with Crippen LogP contribution in [0.3, 0.4) is 0 Å². The summed E-state index contributed by atoms with van der Waals surface area (Å²) in [7, 11) is 1.30. The van der Waals surface area contributed by atoms with Crippen molar-refractivity contribution in [1.82, 2.24) is 0 Å². The number of carbonyl (C=O) groups excluding carboxylic acids is 2. The van der Waals surface area contributed by atoms with E-state index < -0.39 is 5.97 Å². The lowest BCUT2D eigenvalue weighted by Crippen LogP contribution is -2.32. The van der Waals surface area contributed by atoms with Gasteiger partial charge in [0.2, 0.25) is 0 Å². The number of esters is 1. The number of aliphatic hydroxyl groups is 1. The van der Waals surface area contributed by atoms with Gasteiger partial charge in [0.1, 0.15) is 5.76 Å². The van der Waals surface area contributed by atoms with E-state index in [2.05, 4.69) is 9.73 Å². The van der Waals surface area contributed by atoms with Gasteiger partial charge in [-0.3, -0.25) is 14.6 Å². The maximum absolute atomic E-state index is 12.6. The molecule has 0 heterocycles. The molecule has 0 spiro atoms. The maximum Gasteiger partial charge on any atom is 0.305 e. The number of carbonyl (C=O) groups is 2. The highest BCUT2D eigenvalue weighted by molar-refractivity contribution is 6.25. The molecule has 25 heavy (non-hydrogen) atoms. The van der Waals surface area contributed by atoms with Gasteiger partial charge in [0.25, 0.3) is 0 Å². The largest absolute Gasteiger partial charge is 0.511 e. The number of ketones is 1. The number of benzene rings is 1. The highest BCUT2D eigenvalue weighted by atomic mass is 16.5. The van der Waals surface area contributed by atoms with E-state index in [1.165, 1.54) is 7.11 Å². The van der Waals surface area contributed by atoms with Crippen LogP contribution in [0.15, 0.2) is 40.6 Å². The average molecular weight is 343 g/mol. The van der Waals surface area contributed by atoms with E-state index in [1.807, 2.05) is 45.0 Å². The van der Waals surface area contributed by atoms with Crippen LogP contribution in [-0.2, 0) is 14.3 Å². The number of hydrogen-bond acceptors (Lipinski definition) is 5. The third-order valence-electron chi connectivity index (χ3n) is 4.31. The Morgan fingerprint density at radius 1 is 1.24 bits per heavy atom. The summed E-state index contributed by atoms with van der Waals surface area (Å²) in [5.41, 5.74) is 2.40. The van der Waals surface area contributed by atoms with Crippen LogP contribution in [0.5, 0.6) is 0 Å². The molecule has 1 saturated carbocycles. The van der Waals surface area contributed by atoms with Crippen LogP contribution in [0.2, 0.25) is 0 Å². The molecule has 0 bridgehead atoms. The summed E-state index contributed by atoms with van der Waals surface area (Å²) in [6.45, 7) is 5.98. The Morgan fingerprint density at radius 3 is 2.56 bits per heavy atom. The second-order valence-electron chi connectivity index (χ2n) is 7.18. The van der Waals surface area contributed by atoms with Crippen LogP contribution < -0.4 is 0 Å². The number of ether oxygens (including phenoxy) is 1. The summed E-state index contributed by atoms with van der Waals surface area (Å²) in [5.74, 6) is -0.641. The van der Waals surface area contributed by atoms with Crippen molar-refractivity contribution in [3.05, 3.63) is 41.2 Å². The van der Waals surface area contributed by atoms with E-state index in [9.17, 15) is 14.7 Å². The third kappa shape index (κ3) is 4.78. The van der Waals surface area contributed by atoms with Crippen molar-refractivity contribution in [3.8, 4) is 0 Å². The minimum atomic E-state index is -0.423. The highest BCUT2D eigenvalue weighted by Crippen LogP contribution is 2.37. The summed E-state index contributed by atoms with van der Waals surface area (Å²) >= 11 is 0. The maximum atomic E-state index is 12.6. The number of aryl methyl sites for hydroxylation is 1. The first-order valence-electron chi connectivity index (χ1n) is 8.39. The summed E-state index contributed by atoms with van der Waals surface area (Å²) in [6.07, 6.45) is 1.03. The quantitative estimate of drug-likeness (QED) is 0.504. The minimum absolute atomic E-state index is 0.0279. The van der Waals surface area contributed by atoms with Crippen molar-refractivity contribution in [2.24, 2.45) is 10.4 Å². The molecule has 1 aromatic carbocycles. The smallest absolute Gasteiger partial charge is 0.305 e. The predicted octanol–water partition coefficient (Wildman–Crippen LogP) is 4.22. The predicted molar refractivity (Wildman–Crippen MR) is 97.2 cm³/mol. The average Bonchev–Trinajstić information content (AvgIpc) is 2.53. The summed E-state index contributed by atoms with van der Waals surface area (Å²) in [5, 5.41) is 10.4. The monoisotopic (exact) mass is 343 g/mol. The van der Waals surface area contributed by atoms with Gasteiger partial charge in [0, 0.05) is 12.8 Å². The number of aliphatic imine (C=N–C) groups is 1. The Kier molecular flexibility index (Phi) is 5.77. The molecule has 0 atom stereocenters. The second kappa shape index (κ2) is 7.64. The fourth-order valence-electron chi connectivity index (χ4n) is 2.99. The van der Waals surface area contributed by atoms with Crippen molar-refractivity contribution in [2.45, 2.75) is 46.5 Å². The van der Waals surface area contributed by atoms with E-state index in [0.717, 1.165) is 11.3 Å². The molecule has 1 aromatic rings. The van der Waals surface area contributed by atoms with Crippen LogP contribution in [0.1, 0.15) is 45.1 Å². The van der Waals surface area contributed by atoms with Gasteiger partial charge in [-0.25, -0.2) is 0 Å². The van der Waals surface area contributed by atoms with Gasteiger partial charge < -0.3 is 9.84 Å². The third-order valence-corrected chi connectivity index (χ3v) is 4.31. The first kappa shape index (κ1) is 18.9. The van der Waals surface area contributed by atoms with E-state index >= 15 is 0 Å². The van der Waals surface area contributed by atoms with Gasteiger partial charge in [-0.1, -0.05) is 32.0 Å². The Balaban J connectivity index is 2.44. The zero-order chi connectivity index (χ0) is 18.6. The normalized spacial score (nSPS) is 20.5.